The fourth-order valence-electron chi connectivity index (χ4n) is 2.81. The molecule has 2 aromatic carbocycles. The second-order valence-corrected chi connectivity index (χ2v) is 7.15. The van der Waals surface area contributed by atoms with Crippen molar-refractivity contribution in [2.75, 3.05) is 11.9 Å². The van der Waals surface area contributed by atoms with Gasteiger partial charge in [0.25, 0.3) is 5.91 Å². The molecule has 1 aliphatic rings. The Morgan fingerprint density at radius 2 is 2.00 bits per heavy atom. The first kappa shape index (κ1) is 19.9. The molecule has 0 bridgehead atoms. The molecule has 0 unspecified atom stereocenters. The third-order valence-electron chi connectivity index (χ3n) is 4.17. The standard InChI is InChI=1S/C21H19ClFNO4/c1-4-27-20(26)21(2,3)28-18-8-5-13(22)9-12(18)10-16-15-7-6-14(23)11-17(15)24-19(16)25/h5-11H,4H2,1-3H3,(H,24,25)/b16-10-. The van der Waals surface area contributed by atoms with Gasteiger partial charge in [0.1, 0.15) is 11.6 Å². The van der Waals surface area contributed by atoms with Crippen molar-refractivity contribution in [1.29, 1.82) is 0 Å². The molecule has 1 heterocycles. The van der Waals surface area contributed by atoms with Crippen LogP contribution < -0.4 is 10.1 Å². The molecule has 0 saturated carbocycles. The predicted octanol–water partition coefficient (Wildman–Crippen LogP) is 4.69. The molecular weight excluding hydrogens is 385 g/mol. The third kappa shape index (κ3) is 4.02. The molecule has 0 atom stereocenters. The molecule has 2 aromatic rings. The Kier molecular flexibility index (Phi) is 5.42. The van der Waals surface area contributed by atoms with E-state index < -0.39 is 17.4 Å². The molecule has 0 spiro atoms. The van der Waals surface area contributed by atoms with E-state index in [9.17, 15) is 14.0 Å². The topological polar surface area (TPSA) is 64.6 Å². The molecular formula is C21H19ClFNO4. The molecule has 0 aromatic heterocycles. The highest BCUT2D eigenvalue weighted by atomic mass is 35.5. The lowest BCUT2D eigenvalue weighted by atomic mass is 10.0. The van der Waals surface area contributed by atoms with Crippen molar-refractivity contribution in [2.24, 2.45) is 0 Å². The number of anilines is 1. The maximum absolute atomic E-state index is 13.4. The molecule has 1 amide bonds. The number of benzene rings is 2. The monoisotopic (exact) mass is 403 g/mol. The Balaban J connectivity index is 2.02. The molecule has 0 saturated heterocycles. The van der Waals surface area contributed by atoms with Crippen LogP contribution in [0.3, 0.4) is 0 Å². The Bertz CT molecular complexity index is 984. The van der Waals surface area contributed by atoms with E-state index in [1.807, 2.05) is 0 Å². The van der Waals surface area contributed by atoms with Gasteiger partial charge < -0.3 is 14.8 Å². The van der Waals surface area contributed by atoms with Crippen LogP contribution in [0, 0.1) is 5.82 Å². The second-order valence-electron chi connectivity index (χ2n) is 6.72. The summed E-state index contributed by atoms with van der Waals surface area (Å²) in [5.41, 5.74) is 0.577. The zero-order valence-electron chi connectivity index (χ0n) is 15.6. The lowest BCUT2D eigenvalue weighted by molar-refractivity contribution is -0.158. The number of carbonyl (C=O) groups is 2. The average Bonchev–Trinajstić information content (AvgIpc) is 2.92. The van der Waals surface area contributed by atoms with Crippen molar-refractivity contribution in [1.82, 2.24) is 0 Å². The van der Waals surface area contributed by atoms with Crippen LogP contribution in [0.1, 0.15) is 31.9 Å². The molecule has 3 rings (SSSR count). The molecule has 0 fully saturated rings. The molecule has 1 aliphatic heterocycles. The van der Waals surface area contributed by atoms with E-state index in [4.69, 9.17) is 21.1 Å². The minimum absolute atomic E-state index is 0.233. The first-order valence-corrected chi connectivity index (χ1v) is 9.08. The van der Waals surface area contributed by atoms with Crippen LogP contribution in [-0.4, -0.2) is 24.1 Å². The lowest BCUT2D eigenvalue weighted by Crippen LogP contribution is -2.39. The minimum Gasteiger partial charge on any atom is -0.476 e. The summed E-state index contributed by atoms with van der Waals surface area (Å²) in [4.78, 5) is 24.5. The van der Waals surface area contributed by atoms with Gasteiger partial charge in [-0.15, -0.1) is 0 Å². The Labute approximate surface area is 167 Å². The first-order chi connectivity index (χ1) is 13.2. The number of nitrogens with one attached hydrogen (secondary N) is 1. The summed E-state index contributed by atoms with van der Waals surface area (Å²) in [6.07, 6.45) is 1.60. The van der Waals surface area contributed by atoms with Gasteiger partial charge in [-0.05, 0) is 63.2 Å². The number of halogens is 2. The number of hydrogen-bond acceptors (Lipinski definition) is 4. The van der Waals surface area contributed by atoms with E-state index in [0.29, 0.717) is 33.2 Å². The first-order valence-electron chi connectivity index (χ1n) is 8.70. The maximum atomic E-state index is 13.4. The molecule has 1 N–H and O–H groups in total. The van der Waals surface area contributed by atoms with Crippen LogP contribution in [0.25, 0.3) is 11.6 Å². The van der Waals surface area contributed by atoms with E-state index in [1.54, 1.807) is 45.0 Å². The SMILES string of the molecule is CCOC(=O)C(C)(C)Oc1ccc(Cl)cc1/C=C1\C(=O)Nc2cc(F)ccc21. The number of amides is 1. The molecule has 7 heteroatoms. The Hall–Kier alpha value is -2.86. The number of hydrogen-bond donors (Lipinski definition) is 1. The van der Waals surface area contributed by atoms with Crippen LogP contribution in [0.15, 0.2) is 36.4 Å². The van der Waals surface area contributed by atoms with E-state index >= 15 is 0 Å². The molecule has 0 aliphatic carbocycles. The van der Waals surface area contributed by atoms with Gasteiger partial charge in [-0.1, -0.05) is 11.6 Å². The largest absolute Gasteiger partial charge is 0.476 e. The van der Waals surface area contributed by atoms with Gasteiger partial charge in [0.2, 0.25) is 0 Å². The van der Waals surface area contributed by atoms with Crippen LogP contribution in [-0.2, 0) is 14.3 Å². The van der Waals surface area contributed by atoms with Gasteiger partial charge in [0.05, 0.1) is 12.3 Å². The Morgan fingerprint density at radius 1 is 1.25 bits per heavy atom. The quantitative estimate of drug-likeness (QED) is 0.581. The van der Waals surface area contributed by atoms with Crippen molar-refractivity contribution in [3.63, 3.8) is 0 Å². The highest BCUT2D eigenvalue weighted by molar-refractivity contribution is 6.35. The van der Waals surface area contributed by atoms with Crippen LogP contribution in [0.2, 0.25) is 5.02 Å². The highest BCUT2D eigenvalue weighted by Gasteiger charge is 2.32. The average molecular weight is 404 g/mol. The predicted molar refractivity (Wildman–Crippen MR) is 106 cm³/mol. The van der Waals surface area contributed by atoms with E-state index in [2.05, 4.69) is 5.32 Å². The summed E-state index contributed by atoms with van der Waals surface area (Å²) in [6, 6.07) is 8.94. The summed E-state index contributed by atoms with van der Waals surface area (Å²) >= 11 is 6.12. The zero-order valence-corrected chi connectivity index (χ0v) is 16.4. The van der Waals surface area contributed by atoms with Gasteiger partial charge in [0.15, 0.2) is 5.60 Å². The van der Waals surface area contributed by atoms with Crippen molar-refractivity contribution >= 4 is 40.8 Å². The van der Waals surface area contributed by atoms with Crippen LogP contribution in [0.5, 0.6) is 5.75 Å². The summed E-state index contributed by atoms with van der Waals surface area (Å²) in [6.45, 7) is 5.13. The molecule has 5 nitrogen and oxygen atoms in total. The number of rotatable bonds is 5. The number of ether oxygens (including phenoxy) is 2. The Morgan fingerprint density at radius 3 is 2.71 bits per heavy atom. The van der Waals surface area contributed by atoms with Crippen molar-refractivity contribution in [3.8, 4) is 5.75 Å². The van der Waals surface area contributed by atoms with Crippen molar-refractivity contribution in [3.05, 3.63) is 58.4 Å². The van der Waals surface area contributed by atoms with E-state index in [0.717, 1.165) is 0 Å². The molecule has 28 heavy (non-hydrogen) atoms. The second kappa shape index (κ2) is 7.64. The highest BCUT2D eigenvalue weighted by Crippen LogP contribution is 2.36. The zero-order chi connectivity index (χ0) is 20.5. The normalized spacial score (nSPS) is 14.6. The fraction of sp³-hybridized carbons (Fsp3) is 0.238. The summed E-state index contributed by atoms with van der Waals surface area (Å²) < 4.78 is 24.4. The maximum Gasteiger partial charge on any atom is 0.349 e. The van der Waals surface area contributed by atoms with Gasteiger partial charge >= 0.3 is 5.97 Å². The smallest absolute Gasteiger partial charge is 0.349 e. The van der Waals surface area contributed by atoms with Gasteiger partial charge in [0, 0.05) is 21.7 Å². The van der Waals surface area contributed by atoms with Crippen molar-refractivity contribution in [2.45, 2.75) is 26.4 Å². The number of carbonyl (C=O) groups excluding carboxylic acids is 2. The van der Waals surface area contributed by atoms with Crippen LogP contribution >= 0.6 is 11.6 Å². The van der Waals surface area contributed by atoms with E-state index in [-0.39, 0.29) is 12.5 Å². The fourth-order valence-corrected chi connectivity index (χ4v) is 2.99. The summed E-state index contributed by atoms with van der Waals surface area (Å²) in [7, 11) is 0. The summed E-state index contributed by atoms with van der Waals surface area (Å²) in [5.74, 6) is -0.958. The third-order valence-corrected chi connectivity index (χ3v) is 4.40. The lowest BCUT2D eigenvalue weighted by Gasteiger charge is -2.25. The molecule has 0 radical (unpaired) electrons. The number of fused-ring (bicyclic) bond motifs is 1. The van der Waals surface area contributed by atoms with Gasteiger partial charge in [-0.3, -0.25) is 4.79 Å². The van der Waals surface area contributed by atoms with Crippen LogP contribution in [0.4, 0.5) is 10.1 Å². The molecule has 146 valence electrons. The van der Waals surface area contributed by atoms with Gasteiger partial charge in [-0.25, -0.2) is 9.18 Å². The van der Waals surface area contributed by atoms with Gasteiger partial charge in [-0.2, -0.15) is 0 Å². The minimum atomic E-state index is -1.24. The number of esters is 1. The van der Waals surface area contributed by atoms with Crippen molar-refractivity contribution < 1.29 is 23.5 Å². The summed E-state index contributed by atoms with van der Waals surface area (Å²) in [5, 5.41) is 3.07. The van der Waals surface area contributed by atoms with E-state index in [1.165, 1.54) is 18.2 Å².